The zero-order valence-electron chi connectivity index (χ0n) is 24.1. The van der Waals surface area contributed by atoms with E-state index in [1.165, 1.54) is 32.1 Å². The second kappa shape index (κ2) is 12.2. The van der Waals surface area contributed by atoms with Gasteiger partial charge in [-0.3, -0.25) is 0 Å². The number of nitrogens with zero attached hydrogens (tertiary/aromatic N) is 5. The highest BCUT2D eigenvalue weighted by Crippen LogP contribution is 2.32. The molecule has 3 aromatic rings. The van der Waals surface area contributed by atoms with E-state index in [-0.39, 0.29) is 12.2 Å². The molecule has 6 rings (SSSR count). The summed E-state index contributed by atoms with van der Waals surface area (Å²) in [5.74, 6) is 2.55. The maximum absolute atomic E-state index is 5.98. The van der Waals surface area contributed by atoms with Crippen LogP contribution in [0.15, 0.2) is 30.3 Å². The quantitative estimate of drug-likeness (QED) is 0.458. The number of anilines is 2. The van der Waals surface area contributed by atoms with E-state index in [0.29, 0.717) is 30.9 Å². The first-order chi connectivity index (χ1) is 19.6. The number of benzene rings is 1. The van der Waals surface area contributed by atoms with Crippen molar-refractivity contribution in [3.63, 3.8) is 0 Å². The van der Waals surface area contributed by atoms with Crippen molar-refractivity contribution in [3.8, 4) is 17.0 Å². The predicted molar refractivity (Wildman–Crippen MR) is 158 cm³/mol. The number of nitrogens with one attached hydrogen (secondary N) is 1. The van der Waals surface area contributed by atoms with Crippen molar-refractivity contribution in [2.75, 3.05) is 56.3 Å². The second-order valence-corrected chi connectivity index (χ2v) is 11.4. The van der Waals surface area contributed by atoms with E-state index < -0.39 is 0 Å². The third-order valence-corrected chi connectivity index (χ3v) is 8.30. The molecule has 0 amide bonds. The van der Waals surface area contributed by atoms with Gasteiger partial charge in [-0.2, -0.15) is 9.97 Å². The van der Waals surface area contributed by atoms with E-state index in [4.69, 9.17) is 29.2 Å². The average Bonchev–Trinajstić information content (AvgIpc) is 2.99. The summed E-state index contributed by atoms with van der Waals surface area (Å²) >= 11 is 0. The summed E-state index contributed by atoms with van der Waals surface area (Å²) in [6.45, 7) is 9.51. The molecule has 0 bridgehead atoms. The Kier molecular flexibility index (Phi) is 8.32. The second-order valence-electron chi connectivity index (χ2n) is 11.4. The summed E-state index contributed by atoms with van der Waals surface area (Å²) in [4.78, 5) is 19.8. The number of aromatic nitrogens is 3. The molecule has 1 saturated carbocycles. The molecule has 2 aliphatic heterocycles. The van der Waals surface area contributed by atoms with Crippen molar-refractivity contribution in [2.45, 2.75) is 70.7 Å². The van der Waals surface area contributed by atoms with Gasteiger partial charge in [-0.25, -0.2) is 4.98 Å². The number of rotatable bonds is 7. The lowest BCUT2D eigenvalue weighted by Crippen LogP contribution is -2.46. The van der Waals surface area contributed by atoms with Gasteiger partial charge in [0.1, 0.15) is 11.6 Å². The van der Waals surface area contributed by atoms with E-state index in [1.807, 2.05) is 0 Å². The molecule has 4 heterocycles. The molecule has 1 aliphatic carbocycles. The van der Waals surface area contributed by atoms with Crippen LogP contribution in [0.4, 0.5) is 11.8 Å². The zero-order chi connectivity index (χ0) is 27.5. The number of morpholine rings is 2. The maximum atomic E-state index is 5.98. The highest BCUT2D eigenvalue weighted by molar-refractivity contribution is 5.90. The lowest BCUT2D eigenvalue weighted by Gasteiger charge is -2.36. The Morgan fingerprint density at radius 2 is 1.70 bits per heavy atom. The van der Waals surface area contributed by atoms with Crippen LogP contribution < -0.4 is 19.9 Å². The van der Waals surface area contributed by atoms with Gasteiger partial charge in [0.2, 0.25) is 5.95 Å². The van der Waals surface area contributed by atoms with Gasteiger partial charge < -0.3 is 29.3 Å². The van der Waals surface area contributed by atoms with Gasteiger partial charge >= 0.3 is 0 Å². The number of hydrogen-bond donors (Lipinski definition) is 1. The molecule has 9 heteroatoms. The Balaban J connectivity index is 1.35. The largest absolute Gasteiger partial charge is 0.496 e. The van der Waals surface area contributed by atoms with Gasteiger partial charge in [-0.15, -0.1) is 0 Å². The van der Waals surface area contributed by atoms with Crippen LogP contribution in [0.2, 0.25) is 0 Å². The van der Waals surface area contributed by atoms with Crippen molar-refractivity contribution >= 4 is 22.8 Å². The summed E-state index contributed by atoms with van der Waals surface area (Å²) in [6.07, 6.45) is 6.73. The highest BCUT2D eigenvalue weighted by Gasteiger charge is 2.27. The van der Waals surface area contributed by atoms with Crippen molar-refractivity contribution in [2.24, 2.45) is 0 Å². The van der Waals surface area contributed by atoms with Gasteiger partial charge in [0, 0.05) is 49.9 Å². The maximum Gasteiger partial charge on any atom is 0.229 e. The van der Waals surface area contributed by atoms with Crippen molar-refractivity contribution in [1.82, 2.24) is 20.3 Å². The van der Waals surface area contributed by atoms with Gasteiger partial charge in [0.25, 0.3) is 0 Å². The Morgan fingerprint density at radius 1 is 0.925 bits per heavy atom. The lowest BCUT2D eigenvalue weighted by molar-refractivity contribution is -0.00570. The molecule has 0 radical (unpaired) electrons. The van der Waals surface area contributed by atoms with Crippen molar-refractivity contribution < 1.29 is 14.2 Å². The lowest BCUT2D eigenvalue weighted by atomic mass is 9.95. The summed E-state index contributed by atoms with van der Waals surface area (Å²) in [6, 6.07) is 11.2. The van der Waals surface area contributed by atoms with Crippen LogP contribution in [0, 0.1) is 0 Å². The molecular weight excluding hydrogens is 504 g/mol. The highest BCUT2D eigenvalue weighted by atomic mass is 16.5. The molecular formula is C31H42N6O3. The molecule has 2 aromatic heterocycles. The van der Waals surface area contributed by atoms with E-state index in [0.717, 1.165) is 66.5 Å². The van der Waals surface area contributed by atoms with Gasteiger partial charge in [-0.1, -0.05) is 19.3 Å². The normalized spacial score (nSPS) is 22.6. The molecule has 9 nitrogen and oxygen atoms in total. The fourth-order valence-corrected chi connectivity index (χ4v) is 6.28. The van der Waals surface area contributed by atoms with E-state index in [2.05, 4.69) is 59.3 Å². The molecule has 2 unspecified atom stereocenters. The van der Waals surface area contributed by atoms with Crippen molar-refractivity contribution in [3.05, 3.63) is 35.9 Å². The minimum Gasteiger partial charge on any atom is -0.496 e. The van der Waals surface area contributed by atoms with Crippen LogP contribution in [0.5, 0.6) is 5.75 Å². The number of ether oxygens (including phenoxy) is 3. The predicted octanol–water partition coefficient (Wildman–Crippen LogP) is 4.57. The number of pyridine rings is 1. The van der Waals surface area contributed by atoms with E-state index in [9.17, 15) is 0 Å². The number of methoxy groups -OCH3 is 1. The van der Waals surface area contributed by atoms with Gasteiger partial charge in [0.15, 0.2) is 5.65 Å². The first-order valence-electron chi connectivity index (χ1n) is 14.9. The van der Waals surface area contributed by atoms with Crippen molar-refractivity contribution in [1.29, 1.82) is 0 Å². The van der Waals surface area contributed by atoms with E-state index in [1.54, 1.807) is 7.11 Å². The molecule has 3 fully saturated rings. The third kappa shape index (κ3) is 6.01. The summed E-state index contributed by atoms with van der Waals surface area (Å²) in [7, 11) is 1.74. The standard InChI is InChI=1S/C31H42N6O3/c1-21-19-37(20-22(2)40-21)31-34-29-26(30(35-31)36-13-15-39-16-14-36)10-11-27(33-29)23-9-12-28(38-3)24(17-23)18-32-25-7-5-4-6-8-25/h9-12,17,21-22,25,32H,4-8,13-16,18-20H2,1-3H3. The van der Waals surface area contributed by atoms with Crippen LogP contribution in [0.25, 0.3) is 22.3 Å². The van der Waals surface area contributed by atoms with Crippen LogP contribution in [0.3, 0.4) is 0 Å². The molecule has 3 aliphatic rings. The Labute approximate surface area is 237 Å². The smallest absolute Gasteiger partial charge is 0.229 e. The monoisotopic (exact) mass is 546 g/mol. The molecule has 214 valence electrons. The van der Waals surface area contributed by atoms with Crippen LogP contribution in [0.1, 0.15) is 51.5 Å². The van der Waals surface area contributed by atoms with E-state index >= 15 is 0 Å². The topological polar surface area (TPSA) is 84.9 Å². The Bertz CT molecular complexity index is 1300. The molecule has 1 aromatic carbocycles. The fourth-order valence-electron chi connectivity index (χ4n) is 6.28. The SMILES string of the molecule is COc1ccc(-c2ccc3c(N4CCOCC4)nc(N4CC(C)OC(C)C4)nc3n2)cc1CNC1CCCCC1. The minimum absolute atomic E-state index is 0.120. The molecule has 2 saturated heterocycles. The molecule has 40 heavy (non-hydrogen) atoms. The average molecular weight is 547 g/mol. The summed E-state index contributed by atoms with van der Waals surface area (Å²) < 4.78 is 17.3. The minimum atomic E-state index is 0.120. The van der Waals surface area contributed by atoms with Crippen LogP contribution >= 0.6 is 0 Å². The summed E-state index contributed by atoms with van der Waals surface area (Å²) in [5.41, 5.74) is 3.83. The number of hydrogen-bond acceptors (Lipinski definition) is 9. The molecule has 0 spiro atoms. The van der Waals surface area contributed by atoms with Crippen LogP contribution in [-0.4, -0.2) is 79.7 Å². The third-order valence-electron chi connectivity index (χ3n) is 8.30. The summed E-state index contributed by atoms with van der Waals surface area (Å²) in [5, 5.41) is 4.73. The first kappa shape index (κ1) is 27.2. The fraction of sp³-hybridized carbons (Fsp3) is 0.581. The first-order valence-corrected chi connectivity index (χ1v) is 14.9. The Hall–Kier alpha value is -3.01. The molecule has 1 N–H and O–H groups in total. The van der Waals surface area contributed by atoms with Gasteiger partial charge in [-0.05, 0) is 57.0 Å². The van der Waals surface area contributed by atoms with Gasteiger partial charge in [0.05, 0.1) is 43.6 Å². The zero-order valence-corrected chi connectivity index (χ0v) is 24.1. The Morgan fingerprint density at radius 3 is 2.45 bits per heavy atom. The number of fused-ring (bicyclic) bond motifs is 1. The molecule has 2 atom stereocenters. The van der Waals surface area contributed by atoms with Crippen LogP contribution in [-0.2, 0) is 16.0 Å².